The van der Waals surface area contributed by atoms with E-state index in [2.05, 4.69) is 24.3 Å². The molecule has 0 saturated heterocycles. The number of fused-ring (bicyclic) bond motifs is 1. The molecule has 2 aromatic heterocycles. The average molecular weight is 318 g/mol. The van der Waals surface area contributed by atoms with E-state index < -0.39 is 0 Å². The fraction of sp³-hybridized carbons (Fsp3) is 0.588. The monoisotopic (exact) mass is 318 g/mol. The van der Waals surface area contributed by atoms with Gasteiger partial charge in [-0.1, -0.05) is 20.8 Å². The molecule has 23 heavy (non-hydrogen) atoms. The molecule has 0 saturated carbocycles. The van der Waals surface area contributed by atoms with Crippen LogP contribution in [0.3, 0.4) is 0 Å². The topological polar surface area (TPSA) is 80.0 Å². The van der Waals surface area contributed by atoms with Crippen molar-refractivity contribution >= 4 is 16.9 Å². The third-order valence-electron chi connectivity index (χ3n) is 3.83. The van der Waals surface area contributed by atoms with Crippen LogP contribution in [0.25, 0.3) is 11.0 Å². The highest BCUT2D eigenvalue weighted by Crippen LogP contribution is 2.24. The smallest absolute Gasteiger partial charge is 0.252 e. The number of rotatable bonds is 6. The number of nitrogens with zero attached hydrogens (tertiary/aromatic N) is 3. The number of nitrogens with one attached hydrogen (secondary N) is 1. The Morgan fingerprint density at radius 3 is 2.57 bits per heavy atom. The number of aliphatic hydroxyl groups excluding tert-OH is 1. The summed E-state index contributed by atoms with van der Waals surface area (Å²) in [5, 5.41) is 17.1. The maximum atomic E-state index is 12.6. The lowest BCUT2D eigenvalue weighted by atomic mass is 10.0. The summed E-state index contributed by atoms with van der Waals surface area (Å²) in [5.41, 5.74) is 2.21. The standard InChI is InChI=1S/C17H26N4O2/c1-10(2)15-6-13(17(23)18-7-12(5)9-22)14-8-19-21(11(3)4)16(14)20-15/h6,8,10-12,22H,7,9H2,1-5H3,(H,18,23). The molecule has 2 aromatic rings. The number of pyridine rings is 1. The van der Waals surface area contributed by atoms with E-state index in [9.17, 15) is 4.79 Å². The van der Waals surface area contributed by atoms with Crippen LogP contribution in [0.15, 0.2) is 12.3 Å². The molecule has 0 aromatic carbocycles. The zero-order valence-corrected chi connectivity index (χ0v) is 14.5. The number of carbonyl (C=O) groups excluding carboxylic acids is 1. The normalized spacial score (nSPS) is 13.0. The van der Waals surface area contributed by atoms with Crippen LogP contribution in [0, 0.1) is 5.92 Å². The number of amides is 1. The fourth-order valence-electron chi connectivity index (χ4n) is 2.33. The van der Waals surface area contributed by atoms with Crippen molar-refractivity contribution in [3.8, 4) is 0 Å². The predicted octanol–water partition coefficient (Wildman–Crippen LogP) is 2.49. The molecule has 0 aliphatic rings. The zero-order valence-electron chi connectivity index (χ0n) is 14.5. The second-order valence-corrected chi connectivity index (χ2v) is 6.67. The fourth-order valence-corrected chi connectivity index (χ4v) is 2.33. The molecule has 0 spiro atoms. The number of aromatic nitrogens is 3. The molecule has 0 fully saturated rings. The molecule has 1 unspecified atom stereocenters. The van der Waals surface area contributed by atoms with Gasteiger partial charge in [-0.05, 0) is 31.7 Å². The lowest BCUT2D eigenvalue weighted by Gasteiger charge is -2.13. The zero-order chi connectivity index (χ0) is 17.1. The van der Waals surface area contributed by atoms with Crippen LogP contribution in [0.2, 0.25) is 0 Å². The van der Waals surface area contributed by atoms with Gasteiger partial charge in [0.15, 0.2) is 5.65 Å². The summed E-state index contributed by atoms with van der Waals surface area (Å²) in [6, 6.07) is 2.02. The van der Waals surface area contributed by atoms with E-state index in [1.165, 1.54) is 0 Å². The summed E-state index contributed by atoms with van der Waals surface area (Å²) in [4.78, 5) is 17.3. The van der Waals surface area contributed by atoms with Crippen molar-refractivity contribution in [2.75, 3.05) is 13.2 Å². The van der Waals surface area contributed by atoms with Crippen molar-refractivity contribution in [2.45, 2.75) is 46.6 Å². The summed E-state index contributed by atoms with van der Waals surface area (Å²) < 4.78 is 1.84. The maximum absolute atomic E-state index is 12.6. The van der Waals surface area contributed by atoms with Gasteiger partial charge in [-0.3, -0.25) is 4.79 Å². The first-order chi connectivity index (χ1) is 10.8. The first-order valence-electron chi connectivity index (χ1n) is 8.12. The minimum Gasteiger partial charge on any atom is -0.396 e. The summed E-state index contributed by atoms with van der Waals surface area (Å²) in [5.74, 6) is 0.0972. The highest BCUT2D eigenvalue weighted by Gasteiger charge is 2.19. The molecule has 126 valence electrons. The Morgan fingerprint density at radius 2 is 2.00 bits per heavy atom. The van der Waals surface area contributed by atoms with Gasteiger partial charge < -0.3 is 10.4 Å². The lowest BCUT2D eigenvalue weighted by molar-refractivity contribution is 0.0944. The Morgan fingerprint density at radius 1 is 1.30 bits per heavy atom. The minimum atomic E-state index is -0.150. The van der Waals surface area contributed by atoms with Crippen LogP contribution in [-0.4, -0.2) is 38.9 Å². The molecule has 6 nitrogen and oxygen atoms in total. The maximum Gasteiger partial charge on any atom is 0.252 e. The summed E-state index contributed by atoms with van der Waals surface area (Å²) >= 11 is 0. The molecule has 1 atom stereocenters. The molecule has 0 aliphatic heterocycles. The van der Waals surface area contributed by atoms with Crippen LogP contribution < -0.4 is 5.32 Å². The summed E-state index contributed by atoms with van der Waals surface area (Å²) in [6.45, 7) is 10.6. The van der Waals surface area contributed by atoms with Gasteiger partial charge in [0.05, 0.1) is 17.1 Å². The van der Waals surface area contributed by atoms with Crippen LogP contribution in [0.1, 0.15) is 62.6 Å². The van der Waals surface area contributed by atoms with Gasteiger partial charge >= 0.3 is 0 Å². The number of hydrogen-bond acceptors (Lipinski definition) is 4. The van der Waals surface area contributed by atoms with E-state index in [1.54, 1.807) is 6.20 Å². The Balaban J connectivity index is 2.47. The van der Waals surface area contributed by atoms with Crippen molar-refractivity contribution < 1.29 is 9.90 Å². The van der Waals surface area contributed by atoms with Gasteiger partial charge in [0.1, 0.15) is 0 Å². The largest absolute Gasteiger partial charge is 0.396 e. The molecule has 2 heterocycles. The Labute approximate surface area is 136 Å². The molecule has 0 aliphatic carbocycles. The molecule has 0 bridgehead atoms. The average Bonchev–Trinajstić information content (AvgIpc) is 2.95. The van der Waals surface area contributed by atoms with Crippen LogP contribution in [0.4, 0.5) is 0 Å². The van der Waals surface area contributed by atoms with Crippen molar-refractivity contribution in [1.29, 1.82) is 0 Å². The second kappa shape index (κ2) is 7.08. The number of aliphatic hydroxyl groups is 1. The van der Waals surface area contributed by atoms with Crippen molar-refractivity contribution in [2.24, 2.45) is 5.92 Å². The summed E-state index contributed by atoms with van der Waals surface area (Å²) in [7, 11) is 0. The lowest BCUT2D eigenvalue weighted by Crippen LogP contribution is -2.29. The number of hydrogen-bond donors (Lipinski definition) is 2. The van der Waals surface area contributed by atoms with Crippen molar-refractivity contribution in [1.82, 2.24) is 20.1 Å². The van der Waals surface area contributed by atoms with Gasteiger partial charge in [-0.25, -0.2) is 9.67 Å². The van der Waals surface area contributed by atoms with Crippen LogP contribution >= 0.6 is 0 Å². The van der Waals surface area contributed by atoms with Crippen LogP contribution in [-0.2, 0) is 0 Å². The first-order valence-corrected chi connectivity index (χ1v) is 8.12. The van der Waals surface area contributed by atoms with E-state index in [1.807, 2.05) is 31.5 Å². The molecule has 1 amide bonds. The van der Waals surface area contributed by atoms with Crippen molar-refractivity contribution in [3.05, 3.63) is 23.5 Å². The second-order valence-electron chi connectivity index (χ2n) is 6.67. The first kappa shape index (κ1) is 17.4. The predicted molar refractivity (Wildman–Crippen MR) is 90.6 cm³/mol. The summed E-state index contributed by atoms with van der Waals surface area (Å²) in [6.07, 6.45) is 1.71. The van der Waals surface area contributed by atoms with E-state index in [0.717, 1.165) is 16.7 Å². The Bertz CT molecular complexity index is 691. The van der Waals surface area contributed by atoms with Gasteiger partial charge in [0.2, 0.25) is 0 Å². The molecule has 2 N–H and O–H groups in total. The molecule has 0 radical (unpaired) electrons. The van der Waals surface area contributed by atoms with Gasteiger partial charge in [-0.2, -0.15) is 5.10 Å². The molecular formula is C17H26N4O2. The SMILES string of the molecule is CC(CO)CNC(=O)c1cc(C(C)C)nc2c1cnn2C(C)C. The van der Waals surface area contributed by atoms with Gasteiger partial charge in [-0.15, -0.1) is 0 Å². The van der Waals surface area contributed by atoms with Gasteiger partial charge in [0, 0.05) is 24.9 Å². The van der Waals surface area contributed by atoms with Gasteiger partial charge in [0.25, 0.3) is 5.91 Å². The third kappa shape index (κ3) is 3.69. The van der Waals surface area contributed by atoms with E-state index in [4.69, 9.17) is 10.1 Å². The molecule has 6 heteroatoms. The Kier molecular flexibility index (Phi) is 5.36. The van der Waals surface area contributed by atoms with E-state index >= 15 is 0 Å². The highest BCUT2D eigenvalue weighted by molar-refractivity contribution is 6.05. The third-order valence-corrected chi connectivity index (χ3v) is 3.83. The number of carbonyl (C=O) groups is 1. The highest BCUT2D eigenvalue weighted by atomic mass is 16.3. The van der Waals surface area contributed by atoms with E-state index in [0.29, 0.717) is 12.1 Å². The molecule has 2 rings (SSSR count). The molecular weight excluding hydrogens is 292 g/mol. The van der Waals surface area contributed by atoms with E-state index in [-0.39, 0.29) is 30.4 Å². The Hall–Kier alpha value is -1.95. The quantitative estimate of drug-likeness (QED) is 0.857. The minimum absolute atomic E-state index is 0.0271. The van der Waals surface area contributed by atoms with Crippen LogP contribution in [0.5, 0.6) is 0 Å². The van der Waals surface area contributed by atoms with Crippen molar-refractivity contribution in [3.63, 3.8) is 0 Å².